The van der Waals surface area contributed by atoms with Gasteiger partial charge in [-0.25, -0.2) is 0 Å². The van der Waals surface area contributed by atoms with Crippen LogP contribution in [-0.2, 0) is 11.2 Å². The smallest absolute Gasteiger partial charge is 0.212 e. The Labute approximate surface area is 245 Å². The van der Waals surface area contributed by atoms with Crippen molar-refractivity contribution in [2.45, 2.75) is 84.3 Å². The molecular formula is C34H49NO6. The van der Waals surface area contributed by atoms with Crippen molar-refractivity contribution < 1.29 is 30.3 Å². The first-order chi connectivity index (χ1) is 19.4. The van der Waals surface area contributed by atoms with E-state index < -0.39 is 29.8 Å². The quantitative estimate of drug-likeness (QED) is 0.190. The zero-order chi connectivity index (χ0) is 30.6. The Hall–Kier alpha value is -2.81. The van der Waals surface area contributed by atoms with Crippen molar-refractivity contribution in [2.75, 3.05) is 13.2 Å². The first kappa shape index (κ1) is 34.4. The lowest BCUT2D eigenvalue weighted by Gasteiger charge is -2.33. The van der Waals surface area contributed by atoms with Gasteiger partial charge in [-0.3, -0.25) is 4.79 Å². The molecule has 1 aromatic rings. The fourth-order valence-corrected chi connectivity index (χ4v) is 5.13. The molecule has 0 fully saturated rings. The van der Waals surface area contributed by atoms with E-state index in [-0.39, 0.29) is 37.8 Å². The van der Waals surface area contributed by atoms with E-state index in [1.54, 1.807) is 19.1 Å². The number of hydrogen-bond donors (Lipinski definition) is 5. The monoisotopic (exact) mass is 567 g/mol. The third-order valence-electron chi connectivity index (χ3n) is 7.75. The van der Waals surface area contributed by atoms with E-state index in [1.165, 1.54) is 17.4 Å². The van der Waals surface area contributed by atoms with Crippen molar-refractivity contribution in [3.8, 4) is 0 Å². The summed E-state index contributed by atoms with van der Waals surface area (Å²) in [6, 6.07) is 10.3. The third-order valence-corrected chi connectivity index (χ3v) is 7.75. The number of benzene rings is 1. The van der Waals surface area contributed by atoms with Crippen LogP contribution in [0.5, 0.6) is 0 Å². The van der Waals surface area contributed by atoms with Gasteiger partial charge in [0.15, 0.2) is 5.72 Å². The van der Waals surface area contributed by atoms with E-state index in [0.717, 1.165) is 18.4 Å². The number of ketones is 1. The second kappa shape index (κ2) is 16.6. The van der Waals surface area contributed by atoms with Crippen molar-refractivity contribution in [3.05, 3.63) is 95.3 Å². The van der Waals surface area contributed by atoms with Gasteiger partial charge in [-0.05, 0) is 45.1 Å². The molecule has 0 amide bonds. The minimum atomic E-state index is -1.75. The number of β-amino-alcohol motifs (C(OH)–C–C–N with tert-alkyl or cyclic N) is 1. The number of aliphatic hydroxyl groups excluding tert-OH is 4. The van der Waals surface area contributed by atoms with Crippen LogP contribution in [0, 0.1) is 11.8 Å². The maximum atomic E-state index is 12.4. The van der Waals surface area contributed by atoms with Crippen molar-refractivity contribution in [2.24, 2.45) is 11.8 Å². The Balaban J connectivity index is 1.80. The van der Waals surface area contributed by atoms with Gasteiger partial charge in [0.25, 0.3) is 0 Å². The van der Waals surface area contributed by atoms with E-state index in [4.69, 9.17) is 0 Å². The van der Waals surface area contributed by atoms with Gasteiger partial charge < -0.3 is 30.4 Å². The van der Waals surface area contributed by atoms with E-state index in [1.807, 2.05) is 62.4 Å². The first-order valence-corrected chi connectivity index (χ1v) is 14.5. The molecule has 7 heteroatoms. The molecule has 0 bridgehead atoms. The van der Waals surface area contributed by atoms with Gasteiger partial charge in [0.05, 0.1) is 24.9 Å². The molecule has 226 valence electrons. The second-order valence-corrected chi connectivity index (χ2v) is 11.3. The minimum Gasteiger partial charge on any atom is -0.395 e. The molecule has 2 rings (SSSR count). The maximum absolute atomic E-state index is 12.4. The molecule has 1 aliphatic rings. The zero-order valence-electron chi connectivity index (χ0n) is 25.1. The molecule has 7 nitrogen and oxygen atoms in total. The molecule has 0 saturated heterocycles. The van der Waals surface area contributed by atoms with E-state index >= 15 is 0 Å². The Kier molecular flexibility index (Phi) is 13.9. The highest BCUT2D eigenvalue weighted by Gasteiger charge is 2.46. The number of carbonyl (C=O) groups excluding carboxylic acids is 1. The van der Waals surface area contributed by atoms with Gasteiger partial charge in [0.2, 0.25) is 5.78 Å². The fourth-order valence-electron chi connectivity index (χ4n) is 5.13. The molecule has 5 N–H and O–H groups in total. The van der Waals surface area contributed by atoms with Gasteiger partial charge in [-0.1, -0.05) is 92.3 Å². The maximum Gasteiger partial charge on any atom is 0.212 e. The highest BCUT2D eigenvalue weighted by atomic mass is 16.3. The van der Waals surface area contributed by atoms with Gasteiger partial charge in [0.1, 0.15) is 0 Å². The lowest BCUT2D eigenvalue weighted by molar-refractivity contribution is -0.144. The first-order valence-electron chi connectivity index (χ1n) is 14.5. The van der Waals surface area contributed by atoms with Crippen LogP contribution >= 0.6 is 0 Å². The summed E-state index contributed by atoms with van der Waals surface area (Å²) in [4.78, 5) is 13.8. The molecule has 0 saturated carbocycles. The molecule has 1 aliphatic heterocycles. The molecule has 6 atom stereocenters. The topological polar surface area (TPSA) is 121 Å². The Morgan fingerprint density at radius 2 is 1.73 bits per heavy atom. The summed E-state index contributed by atoms with van der Waals surface area (Å²) in [5.74, 6) is -0.235. The zero-order valence-corrected chi connectivity index (χ0v) is 25.1. The summed E-state index contributed by atoms with van der Waals surface area (Å²) in [5.41, 5.74) is 1.38. The molecule has 1 aromatic carbocycles. The highest BCUT2D eigenvalue weighted by Crippen LogP contribution is 2.34. The Morgan fingerprint density at radius 1 is 1.05 bits per heavy atom. The highest BCUT2D eigenvalue weighted by molar-refractivity contribution is 6.03. The molecule has 0 aromatic heterocycles. The number of allylic oxidation sites excluding steroid dienone is 6. The summed E-state index contributed by atoms with van der Waals surface area (Å²) in [7, 11) is 0. The predicted octanol–water partition coefficient (Wildman–Crippen LogP) is 4.23. The van der Waals surface area contributed by atoms with Gasteiger partial charge in [0, 0.05) is 36.6 Å². The standard InChI is InChI=1S/C34H49NO6/c1-24(13-11-14-25(2)32(39)26(3)18-19-28-15-7-6-8-16-28)12-9-10-17-29(37)22-30(38)23-31-27(4)33(40)34(5,41)35(31)20-21-36/h6-17,25-26,29-30,32,36-39,41H,18-23H2,1-5H3/b12-9+,14-11+,17-10-,24-13+/t25-,26-,29+,30+,32-,34+/m1/s1. The van der Waals surface area contributed by atoms with Crippen LogP contribution in [0.15, 0.2) is 89.7 Å². The van der Waals surface area contributed by atoms with Crippen LogP contribution in [0.1, 0.15) is 59.4 Å². The van der Waals surface area contributed by atoms with E-state index in [9.17, 15) is 30.3 Å². The van der Waals surface area contributed by atoms with Gasteiger partial charge >= 0.3 is 0 Å². The van der Waals surface area contributed by atoms with Crippen LogP contribution < -0.4 is 0 Å². The normalized spacial score (nSPS) is 22.3. The summed E-state index contributed by atoms with van der Waals surface area (Å²) in [6.45, 7) is 8.87. The lowest BCUT2D eigenvalue weighted by Crippen LogP contribution is -2.48. The van der Waals surface area contributed by atoms with E-state index in [0.29, 0.717) is 11.3 Å². The molecular weight excluding hydrogens is 518 g/mol. The van der Waals surface area contributed by atoms with Crippen LogP contribution in [0.4, 0.5) is 0 Å². The number of hydrogen-bond acceptors (Lipinski definition) is 7. The minimum absolute atomic E-state index is 0.0269. The number of Topliss-reactive ketones (excluding diaryl/α,β-unsaturated/α-hetero) is 1. The van der Waals surface area contributed by atoms with Crippen molar-refractivity contribution >= 4 is 5.78 Å². The second-order valence-electron chi connectivity index (χ2n) is 11.3. The van der Waals surface area contributed by atoms with E-state index in [2.05, 4.69) is 19.1 Å². The summed E-state index contributed by atoms with van der Waals surface area (Å²) in [6.07, 6.45) is 12.7. The molecule has 1 heterocycles. The van der Waals surface area contributed by atoms with Crippen LogP contribution in [0.2, 0.25) is 0 Å². The largest absolute Gasteiger partial charge is 0.395 e. The van der Waals surface area contributed by atoms with Crippen molar-refractivity contribution in [1.82, 2.24) is 4.90 Å². The van der Waals surface area contributed by atoms with Gasteiger partial charge in [-0.15, -0.1) is 0 Å². The molecule has 0 aliphatic carbocycles. The number of aliphatic hydroxyl groups is 5. The van der Waals surface area contributed by atoms with Crippen LogP contribution in [-0.4, -0.2) is 73.4 Å². The molecule has 0 unspecified atom stereocenters. The number of aryl methyl sites for hydroxylation is 1. The Morgan fingerprint density at radius 3 is 2.39 bits per heavy atom. The molecule has 0 radical (unpaired) electrons. The number of carbonyl (C=O) groups is 1. The van der Waals surface area contributed by atoms with Crippen molar-refractivity contribution in [1.29, 1.82) is 0 Å². The van der Waals surface area contributed by atoms with Crippen LogP contribution in [0.25, 0.3) is 0 Å². The summed E-state index contributed by atoms with van der Waals surface area (Å²) < 4.78 is 0. The molecule has 41 heavy (non-hydrogen) atoms. The lowest BCUT2D eigenvalue weighted by atomic mass is 9.88. The predicted molar refractivity (Wildman–Crippen MR) is 164 cm³/mol. The Bertz CT molecular complexity index is 1120. The van der Waals surface area contributed by atoms with Gasteiger partial charge in [-0.2, -0.15) is 0 Å². The van der Waals surface area contributed by atoms with Crippen LogP contribution in [0.3, 0.4) is 0 Å². The average Bonchev–Trinajstić information content (AvgIpc) is 3.09. The summed E-state index contributed by atoms with van der Waals surface area (Å²) >= 11 is 0. The number of nitrogens with zero attached hydrogens (tertiary/aromatic N) is 1. The average molecular weight is 568 g/mol. The summed E-state index contributed by atoms with van der Waals surface area (Å²) in [5, 5.41) is 51.4. The number of rotatable bonds is 16. The fraction of sp³-hybridized carbons (Fsp3) is 0.500. The van der Waals surface area contributed by atoms with Crippen molar-refractivity contribution in [3.63, 3.8) is 0 Å². The SMILES string of the molecule is CC1=C(C[C@@H](O)C[C@@H](O)\C=C/C=C/C(C)=C/C=C/[C@@H](C)[C@@H](O)[C@H](C)CCc2ccccc2)N(CCO)[C@@](C)(O)C1=O. The molecule has 0 spiro atoms. The third kappa shape index (κ3) is 10.5.